The standard InChI is InChI=1S/C19H19ClN4O/c20-16-12-17-15(11-14(16)13-7-3-1-4-8-13)18(23-22-17)21-19(25)24-9-5-2-6-10-24/h1,3-4,7-8,11-12H,2,5-6,9-10H2,(H2,21,22,23,25). The van der Waals surface area contributed by atoms with E-state index in [1.165, 1.54) is 6.42 Å². The molecule has 1 aliphatic heterocycles. The summed E-state index contributed by atoms with van der Waals surface area (Å²) < 4.78 is 0. The van der Waals surface area contributed by atoms with Gasteiger partial charge in [-0.2, -0.15) is 5.10 Å². The predicted molar refractivity (Wildman–Crippen MR) is 101 cm³/mol. The molecule has 2 amide bonds. The zero-order valence-electron chi connectivity index (χ0n) is 13.8. The number of urea groups is 1. The molecule has 25 heavy (non-hydrogen) atoms. The quantitative estimate of drug-likeness (QED) is 0.687. The summed E-state index contributed by atoms with van der Waals surface area (Å²) in [5, 5.41) is 11.7. The fraction of sp³-hybridized carbons (Fsp3) is 0.263. The van der Waals surface area contributed by atoms with Crippen LogP contribution in [0.25, 0.3) is 22.0 Å². The Hall–Kier alpha value is -2.53. The van der Waals surface area contributed by atoms with Crippen LogP contribution in [0.1, 0.15) is 19.3 Å². The molecule has 0 saturated carbocycles. The SMILES string of the molecule is O=C(Nc1n[nH]c2cc(Cl)c(-c3ccccc3)cc12)N1CCCCC1. The van der Waals surface area contributed by atoms with Gasteiger partial charge in [0.1, 0.15) is 0 Å². The van der Waals surface area contributed by atoms with Crippen molar-refractivity contribution in [3.05, 3.63) is 47.5 Å². The Morgan fingerprint density at radius 2 is 1.88 bits per heavy atom. The first-order valence-corrected chi connectivity index (χ1v) is 8.89. The third-order valence-corrected chi connectivity index (χ3v) is 4.92. The van der Waals surface area contributed by atoms with Gasteiger partial charge in [-0.05, 0) is 37.0 Å². The zero-order chi connectivity index (χ0) is 17.2. The number of fused-ring (bicyclic) bond motifs is 1. The monoisotopic (exact) mass is 354 g/mol. The molecule has 2 N–H and O–H groups in total. The fourth-order valence-electron chi connectivity index (χ4n) is 3.25. The summed E-state index contributed by atoms with van der Waals surface area (Å²) >= 11 is 6.43. The lowest BCUT2D eigenvalue weighted by molar-refractivity contribution is 0.200. The smallest absolute Gasteiger partial charge is 0.323 e. The van der Waals surface area contributed by atoms with E-state index in [9.17, 15) is 4.79 Å². The Labute approximate surface area is 151 Å². The Morgan fingerprint density at radius 3 is 2.64 bits per heavy atom. The van der Waals surface area contributed by atoms with Gasteiger partial charge in [-0.3, -0.25) is 10.4 Å². The Morgan fingerprint density at radius 1 is 1.12 bits per heavy atom. The number of carbonyl (C=O) groups is 1. The minimum Gasteiger partial charge on any atom is -0.324 e. The van der Waals surface area contributed by atoms with Gasteiger partial charge in [-0.1, -0.05) is 41.9 Å². The maximum atomic E-state index is 12.5. The summed E-state index contributed by atoms with van der Waals surface area (Å²) in [5.74, 6) is 0.541. The van der Waals surface area contributed by atoms with Crippen molar-refractivity contribution in [3.63, 3.8) is 0 Å². The van der Waals surface area contributed by atoms with Gasteiger partial charge in [0.05, 0.1) is 10.5 Å². The summed E-state index contributed by atoms with van der Waals surface area (Å²) in [6, 6.07) is 13.7. The van der Waals surface area contributed by atoms with Crippen LogP contribution in [0.4, 0.5) is 10.6 Å². The lowest BCUT2D eigenvalue weighted by atomic mass is 10.0. The molecule has 0 atom stereocenters. The fourth-order valence-corrected chi connectivity index (χ4v) is 3.52. The summed E-state index contributed by atoms with van der Waals surface area (Å²) in [6.07, 6.45) is 3.30. The first-order valence-electron chi connectivity index (χ1n) is 8.51. The van der Waals surface area contributed by atoms with Gasteiger partial charge in [0.2, 0.25) is 0 Å². The van der Waals surface area contributed by atoms with Crippen molar-refractivity contribution in [1.82, 2.24) is 15.1 Å². The molecular weight excluding hydrogens is 336 g/mol. The number of carbonyl (C=O) groups excluding carboxylic acids is 1. The molecular formula is C19H19ClN4O. The van der Waals surface area contributed by atoms with Crippen molar-refractivity contribution >= 4 is 34.4 Å². The molecule has 3 aromatic rings. The Balaban J connectivity index is 1.67. The number of aromatic nitrogens is 2. The van der Waals surface area contributed by atoms with E-state index in [-0.39, 0.29) is 6.03 Å². The summed E-state index contributed by atoms with van der Waals surface area (Å²) in [7, 11) is 0. The second kappa shape index (κ2) is 6.76. The summed E-state index contributed by atoms with van der Waals surface area (Å²) in [4.78, 5) is 14.3. The van der Waals surface area contributed by atoms with Crippen LogP contribution < -0.4 is 5.32 Å². The van der Waals surface area contributed by atoms with Crippen molar-refractivity contribution in [2.24, 2.45) is 0 Å². The number of aromatic amines is 1. The molecule has 0 unspecified atom stereocenters. The topological polar surface area (TPSA) is 61.0 Å². The summed E-state index contributed by atoms with van der Waals surface area (Å²) in [6.45, 7) is 1.60. The van der Waals surface area contributed by atoms with Crippen LogP contribution in [0.15, 0.2) is 42.5 Å². The number of H-pyrrole nitrogens is 1. The summed E-state index contributed by atoms with van der Waals surface area (Å²) in [5.41, 5.74) is 2.76. The minimum absolute atomic E-state index is 0.0932. The maximum absolute atomic E-state index is 12.5. The highest BCUT2D eigenvalue weighted by Crippen LogP contribution is 2.34. The highest BCUT2D eigenvalue weighted by molar-refractivity contribution is 6.34. The van der Waals surface area contributed by atoms with Crippen LogP contribution in [0.5, 0.6) is 0 Å². The molecule has 0 bridgehead atoms. The van der Waals surface area contributed by atoms with Crippen LogP contribution in [0.3, 0.4) is 0 Å². The number of piperidine rings is 1. The number of halogens is 1. The Bertz CT molecular complexity index is 900. The van der Waals surface area contributed by atoms with Crippen LogP contribution in [0, 0.1) is 0 Å². The van der Waals surface area contributed by atoms with Gasteiger partial charge in [-0.15, -0.1) is 0 Å². The number of anilines is 1. The largest absolute Gasteiger partial charge is 0.324 e. The molecule has 2 heterocycles. The van der Waals surface area contributed by atoms with Crippen molar-refractivity contribution in [2.45, 2.75) is 19.3 Å². The van der Waals surface area contributed by atoms with Gasteiger partial charge in [0.25, 0.3) is 0 Å². The minimum atomic E-state index is -0.0932. The lowest BCUT2D eigenvalue weighted by Gasteiger charge is -2.26. The van der Waals surface area contributed by atoms with Crippen molar-refractivity contribution in [2.75, 3.05) is 18.4 Å². The average molecular weight is 355 g/mol. The van der Waals surface area contributed by atoms with E-state index in [0.717, 1.165) is 48.0 Å². The lowest BCUT2D eigenvalue weighted by Crippen LogP contribution is -2.38. The van der Waals surface area contributed by atoms with E-state index in [1.807, 2.05) is 47.4 Å². The third-order valence-electron chi connectivity index (χ3n) is 4.60. The van der Waals surface area contributed by atoms with Gasteiger partial charge in [-0.25, -0.2) is 4.79 Å². The van der Waals surface area contributed by atoms with Gasteiger partial charge in [0.15, 0.2) is 5.82 Å². The highest BCUT2D eigenvalue weighted by Gasteiger charge is 2.19. The highest BCUT2D eigenvalue weighted by atomic mass is 35.5. The molecule has 1 aliphatic rings. The predicted octanol–water partition coefficient (Wildman–Crippen LogP) is 4.90. The number of benzene rings is 2. The Kier molecular flexibility index (Phi) is 4.32. The van der Waals surface area contributed by atoms with Crippen molar-refractivity contribution in [1.29, 1.82) is 0 Å². The van der Waals surface area contributed by atoms with Crippen LogP contribution in [0.2, 0.25) is 5.02 Å². The molecule has 1 aromatic heterocycles. The van der Waals surface area contributed by atoms with E-state index in [4.69, 9.17) is 11.6 Å². The van der Waals surface area contributed by atoms with Gasteiger partial charge in [0, 0.05) is 24.0 Å². The third kappa shape index (κ3) is 3.20. The molecule has 0 spiro atoms. The molecule has 4 rings (SSSR count). The van der Waals surface area contributed by atoms with Crippen LogP contribution in [-0.2, 0) is 0 Å². The first kappa shape index (κ1) is 16.0. The van der Waals surface area contributed by atoms with Gasteiger partial charge < -0.3 is 4.90 Å². The second-order valence-corrected chi connectivity index (χ2v) is 6.70. The van der Waals surface area contributed by atoms with E-state index in [1.54, 1.807) is 0 Å². The van der Waals surface area contributed by atoms with Crippen molar-refractivity contribution in [3.8, 4) is 11.1 Å². The van der Waals surface area contributed by atoms with E-state index in [2.05, 4.69) is 15.5 Å². The van der Waals surface area contributed by atoms with Crippen LogP contribution >= 0.6 is 11.6 Å². The molecule has 1 fully saturated rings. The number of nitrogens with zero attached hydrogens (tertiary/aromatic N) is 2. The maximum Gasteiger partial charge on any atom is 0.323 e. The van der Waals surface area contributed by atoms with E-state index < -0.39 is 0 Å². The molecule has 1 saturated heterocycles. The van der Waals surface area contributed by atoms with Gasteiger partial charge >= 0.3 is 6.03 Å². The number of hydrogen-bond donors (Lipinski definition) is 2. The van der Waals surface area contributed by atoms with Crippen LogP contribution in [-0.4, -0.2) is 34.2 Å². The van der Waals surface area contributed by atoms with Crippen molar-refractivity contribution < 1.29 is 4.79 Å². The number of amides is 2. The first-order chi connectivity index (χ1) is 12.2. The molecule has 128 valence electrons. The molecule has 5 nitrogen and oxygen atoms in total. The normalized spacial score (nSPS) is 14.7. The van der Waals surface area contributed by atoms with E-state index in [0.29, 0.717) is 10.8 Å². The second-order valence-electron chi connectivity index (χ2n) is 6.29. The molecule has 0 aliphatic carbocycles. The zero-order valence-corrected chi connectivity index (χ0v) is 14.5. The number of nitrogens with one attached hydrogen (secondary N) is 2. The number of likely N-dealkylation sites (tertiary alicyclic amines) is 1. The molecule has 6 heteroatoms. The average Bonchev–Trinajstić information content (AvgIpc) is 3.04. The molecule has 0 radical (unpaired) electrons. The van der Waals surface area contributed by atoms with E-state index >= 15 is 0 Å². The number of rotatable bonds is 2. The molecule has 2 aromatic carbocycles. The number of hydrogen-bond acceptors (Lipinski definition) is 2.